The third-order valence-electron chi connectivity index (χ3n) is 3.45. The number of amides is 1. The summed E-state index contributed by atoms with van der Waals surface area (Å²) in [6.07, 6.45) is 1.88. The molecule has 4 heteroatoms. The van der Waals surface area contributed by atoms with Crippen LogP contribution in [0.1, 0.15) is 50.9 Å². The Balaban J connectivity index is 3.12. The van der Waals surface area contributed by atoms with Crippen LogP contribution in [0.15, 0.2) is 18.2 Å². The third kappa shape index (κ3) is 4.14. The second-order valence-corrected chi connectivity index (χ2v) is 5.99. The molecule has 1 aromatic rings. The van der Waals surface area contributed by atoms with Crippen molar-refractivity contribution in [2.45, 2.75) is 46.6 Å². The molecule has 0 saturated carbocycles. The van der Waals surface area contributed by atoms with Crippen molar-refractivity contribution in [2.75, 3.05) is 12.3 Å². The van der Waals surface area contributed by atoms with Crippen molar-refractivity contribution in [1.82, 2.24) is 4.90 Å². The molecule has 0 heterocycles. The fourth-order valence-corrected chi connectivity index (χ4v) is 2.56. The zero-order chi connectivity index (χ0) is 15.3. The Morgan fingerprint density at radius 3 is 2.40 bits per heavy atom. The number of nitrogens with zero attached hydrogens (tertiary/aromatic N) is 1. The van der Waals surface area contributed by atoms with Gasteiger partial charge in [0.15, 0.2) is 0 Å². The van der Waals surface area contributed by atoms with E-state index in [-0.39, 0.29) is 11.9 Å². The zero-order valence-electron chi connectivity index (χ0n) is 12.8. The van der Waals surface area contributed by atoms with Crippen molar-refractivity contribution in [3.63, 3.8) is 0 Å². The second kappa shape index (κ2) is 7.53. The normalized spacial score (nSPS) is 11.2. The highest BCUT2D eigenvalue weighted by atomic mass is 35.5. The molecule has 1 rings (SSSR count). The van der Waals surface area contributed by atoms with E-state index in [1.807, 2.05) is 4.90 Å². The maximum atomic E-state index is 12.8. The summed E-state index contributed by atoms with van der Waals surface area (Å²) in [5, 5.41) is 0.539. The first-order valence-corrected chi connectivity index (χ1v) is 7.64. The van der Waals surface area contributed by atoms with Crippen molar-refractivity contribution in [2.24, 2.45) is 5.92 Å². The highest BCUT2D eigenvalue weighted by Gasteiger charge is 2.24. The van der Waals surface area contributed by atoms with Crippen LogP contribution in [0.4, 0.5) is 5.69 Å². The van der Waals surface area contributed by atoms with Crippen LogP contribution in [-0.2, 0) is 0 Å². The van der Waals surface area contributed by atoms with Gasteiger partial charge in [0, 0.05) is 23.3 Å². The highest BCUT2D eigenvalue weighted by Crippen LogP contribution is 2.22. The fraction of sp³-hybridized carbons (Fsp3) is 0.562. The van der Waals surface area contributed by atoms with Crippen LogP contribution in [0.5, 0.6) is 0 Å². The quantitative estimate of drug-likeness (QED) is 0.799. The van der Waals surface area contributed by atoms with Crippen molar-refractivity contribution < 1.29 is 4.79 Å². The van der Waals surface area contributed by atoms with Gasteiger partial charge in [-0.2, -0.15) is 0 Å². The number of hydrogen-bond donors (Lipinski definition) is 1. The molecule has 0 aliphatic carbocycles. The maximum absolute atomic E-state index is 12.8. The van der Waals surface area contributed by atoms with Crippen LogP contribution in [0.3, 0.4) is 0 Å². The van der Waals surface area contributed by atoms with Gasteiger partial charge >= 0.3 is 0 Å². The topological polar surface area (TPSA) is 46.3 Å². The Kier molecular flexibility index (Phi) is 6.34. The monoisotopic (exact) mass is 296 g/mol. The van der Waals surface area contributed by atoms with Crippen molar-refractivity contribution in [1.29, 1.82) is 0 Å². The van der Waals surface area contributed by atoms with Gasteiger partial charge in [-0.25, -0.2) is 0 Å². The molecule has 0 aliphatic rings. The Labute approximate surface area is 127 Å². The summed E-state index contributed by atoms with van der Waals surface area (Å²) in [5.74, 6) is 0.396. The van der Waals surface area contributed by atoms with E-state index in [0.29, 0.717) is 22.2 Å². The predicted molar refractivity (Wildman–Crippen MR) is 86.1 cm³/mol. The summed E-state index contributed by atoms with van der Waals surface area (Å²) in [7, 11) is 0. The van der Waals surface area contributed by atoms with Gasteiger partial charge in [-0.3, -0.25) is 4.79 Å². The van der Waals surface area contributed by atoms with E-state index in [9.17, 15) is 4.79 Å². The standard InChI is InChI=1S/C16H25ClN2O/c1-5-13(6-2)19(10-11(3)4)16(20)14-9-12(17)7-8-15(14)18/h7-9,11,13H,5-6,10,18H2,1-4H3. The van der Waals surface area contributed by atoms with Gasteiger partial charge in [0.1, 0.15) is 0 Å². The minimum absolute atomic E-state index is 0.0209. The largest absolute Gasteiger partial charge is 0.398 e. The number of hydrogen-bond acceptors (Lipinski definition) is 2. The first-order chi connectivity index (χ1) is 9.40. The van der Waals surface area contributed by atoms with Crippen LogP contribution < -0.4 is 5.73 Å². The molecule has 2 N–H and O–H groups in total. The second-order valence-electron chi connectivity index (χ2n) is 5.55. The van der Waals surface area contributed by atoms with Crippen LogP contribution >= 0.6 is 11.6 Å². The molecule has 0 saturated heterocycles. The molecule has 0 atom stereocenters. The lowest BCUT2D eigenvalue weighted by molar-refractivity contribution is 0.0641. The molecule has 0 aromatic heterocycles. The minimum Gasteiger partial charge on any atom is -0.398 e. The molecule has 0 aliphatic heterocycles. The Morgan fingerprint density at radius 2 is 1.90 bits per heavy atom. The minimum atomic E-state index is -0.0209. The van der Waals surface area contributed by atoms with E-state index >= 15 is 0 Å². The smallest absolute Gasteiger partial charge is 0.256 e. The SMILES string of the molecule is CCC(CC)N(CC(C)C)C(=O)c1cc(Cl)ccc1N. The van der Waals surface area contributed by atoms with Gasteiger partial charge in [-0.05, 0) is 37.0 Å². The number of carbonyl (C=O) groups excluding carboxylic acids is 1. The van der Waals surface area contributed by atoms with E-state index in [1.165, 1.54) is 0 Å². The van der Waals surface area contributed by atoms with Gasteiger partial charge in [0.05, 0.1) is 5.56 Å². The average Bonchev–Trinajstić information content (AvgIpc) is 2.40. The summed E-state index contributed by atoms with van der Waals surface area (Å²) < 4.78 is 0. The number of nitrogens with two attached hydrogens (primary N) is 1. The summed E-state index contributed by atoms with van der Waals surface area (Å²) in [5.41, 5.74) is 6.93. The number of nitrogen functional groups attached to an aromatic ring is 1. The predicted octanol–water partition coefficient (Wildman–Crippen LogP) is 4.21. The molecule has 1 amide bonds. The van der Waals surface area contributed by atoms with Gasteiger partial charge in [0.25, 0.3) is 5.91 Å². The Hall–Kier alpha value is -1.22. The van der Waals surface area contributed by atoms with Crippen LogP contribution in [0.2, 0.25) is 5.02 Å². The summed E-state index contributed by atoms with van der Waals surface area (Å²) in [6, 6.07) is 5.30. The molecule has 0 fully saturated rings. The zero-order valence-corrected chi connectivity index (χ0v) is 13.6. The molecular formula is C16H25ClN2O. The lowest BCUT2D eigenvalue weighted by atomic mass is 10.0. The van der Waals surface area contributed by atoms with E-state index in [1.54, 1.807) is 18.2 Å². The van der Waals surface area contributed by atoms with Crippen LogP contribution in [-0.4, -0.2) is 23.4 Å². The maximum Gasteiger partial charge on any atom is 0.256 e. The summed E-state index contributed by atoms with van der Waals surface area (Å²) >= 11 is 5.99. The molecule has 0 spiro atoms. The number of carbonyl (C=O) groups is 1. The Morgan fingerprint density at radius 1 is 1.30 bits per heavy atom. The van der Waals surface area contributed by atoms with E-state index in [4.69, 9.17) is 17.3 Å². The molecule has 1 aromatic carbocycles. The first kappa shape index (κ1) is 16.8. The van der Waals surface area contributed by atoms with E-state index in [2.05, 4.69) is 27.7 Å². The molecule has 0 bridgehead atoms. The number of benzene rings is 1. The van der Waals surface area contributed by atoms with Crippen molar-refractivity contribution >= 4 is 23.2 Å². The molecular weight excluding hydrogens is 272 g/mol. The molecule has 3 nitrogen and oxygen atoms in total. The van der Waals surface area contributed by atoms with E-state index < -0.39 is 0 Å². The molecule has 0 radical (unpaired) electrons. The van der Waals surface area contributed by atoms with Crippen LogP contribution in [0.25, 0.3) is 0 Å². The van der Waals surface area contributed by atoms with Gasteiger partial charge in [-0.1, -0.05) is 39.3 Å². The Bertz CT molecular complexity index is 456. The lowest BCUT2D eigenvalue weighted by Gasteiger charge is -2.32. The number of rotatable bonds is 6. The fourth-order valence-electron chi connectivity index (χ4n) is 2.39. The molecule has 20 heavy (non-hydrogen) atoms. The van der Waals surface area contributed by atoms with Crippen molar-refractivity contribution in [3.05, 3.63) is 28.8 Å². The first-order valence-electron chi connectivity index (χ1n) is 7.26. The number of halogens is 1. The molecule has 0 unspecified atom stereocenters. The number of anilines is 1. The van der Waals surface area contributed by atoms with E-state index in [0.717, 1.165) is 19.4 Å². The van der Waals surface area contributed by atoms with Crippen molar-refractivity contribution in [3.8, 4) is 0 Å². The van der Waals surface area contributed by atoms with Gasteiger partial charge in [0.2, 0.25) is 0 Å². The molecule has 112 valence electrons. The average molecular weight is 297 g/mol. The van der Waals surface area contributed by atoms with Gasteiger partial charge in [-0.15, -0.1) is 0 Å². The van der Waals surface area contributed by atoms with Crippen LogP contribution in [0, 0.1) is 5.92 Å². The van der Waals surface area contributed by atoms with Gasteiger partial charge < -0.3 is 10.6 Å². The third-order valence-corrected chi connectivity index (χ3v) is 3.69. The summed E-state index contributed by atoms with van der Waals surface area (Å²) in [4.78, 5) is 14.7. The summed E-state index contributed by atoms with van der Waals surface area (Å²) in [6.45, 7) is 9.18. The lowest BCUT2D eigenvalue weighted by Crippen LogP contribution is -2.42. The highest BCUT2D eigenvalue weighted by molar-refractivity contribution is 6.31.